The summed E-state index contributed by atoms with van der Waals surface area (Å²) in [4.78, 5) is 54.9. The van der Waals surface area contributed by atoms with Gasteiger partial charge < -0.3 is 19.3 Å². The van der Waals surface area contributed by atoms with Gasteiger partial charge in [-0.1, -0.05) is 47.5 Å². The van der Waals surface area contributed by atoms with Gasteiger partial charge in [-0.15, -0.1) is 0 Å². The molecule has 0 unspecified atom stereocenters. The third kappa shape index (κ3) is 15.8. The minimum atomic E-state index is -0.606. The summed E-state index contributed by atoms with van der Waals surface area (Å²) in [6.07, 6.45) is 3.01. The Kier molecular flexibility index (Phi) is 16.5. The first-order chi connectivity index (χ1) is 26.8. The average molecular weight is 846 g/mol. The van der Waals surface area contributed by atoms with Gasteiger partial charge in [0.05, 0.1) is 0 Å². The van der Waals surface area contributed by atoms with Crippen LogP contribution in [0.1, 0.15) is 73.6 Å². The van der Waals surface area contributed by atoms with Gasteiger partial charge in [-0.3, -0.25) is 19.7 Å². The molecule has 6 rings (SSSR count). The number of piperazine rings is 2. The number of H-pyrrole nitrogens is 1. The molecule has 57 heavy (non-hydrogen) atoms. The summed E-state index contributed by atoms with van der Waals surface area (Å²) < 4.78 is 11.6. The number of halogens is 3. The van der Waals surface area contributed by atoms with Crippen LogP contribution in [-0.2, 0) is 22.6 Å². The molecule has 2 fully saturated rings. The number of amides is 2. The van der Waals surface area contributed by atoms with Gasteiger partial charge in [-0.2, -0.15) is 14.9 Å². The number of aromatic nitrogens is 4. The van der Waals surface area contributed by atoms with Crippen LogP contribution in [0.2, 0.25) is 10.0 Å². The van der Waals surface area contributed by atoms with Crippen molar-refractivity contribution in [2.75, 3.05) is 52.4 Å². The molecule has 1 N–H and O–H groups in total. The molecule has 0 bridgehead atoms. The zero-order valence-electron chi connectivity index (χ0n) is 33.2. The normalized spacial score (nSPS) is 15.1. The molecule has 2 aliphatic rings. The van der Waals surface area contributed by atoms with Crippen molar-refractivity contribution in [3.05, 3.63) is 106 Å². The minimum Gasteiger partial charge on any atom is -0.455 e. The molecule has 0 atom stereocenters. The second kappa shape index (κ2) is 20.8. The first kappa shape index (κ1) is 45.2. The topological polar surface area (TPSA) is 146 Å². The predicted octanol–water partition coefficient (Wildman–Crippen LogP) is 7.46. The fraction of sp³-hybridized carbons (Fsp3) is 0.450. The Morgan fingerprint density at radius 2 is 1.11 bits per heavy atom. The molecule has 2 aromatic carbocycles. The highest BCUT2D eigenvalue weighted by molar-refractivity contribution is 6.62. The summed E-state index contributed by atoms with van der Waals surface area (Å²) in [5.41, 5.74) is 1.88. The third-order valence-electron chi connectivity index (χ3n) is 8.42. The van der Waals surface area contributed by atoms with Crippen LogP contribution in [0.25, 0.3) is 0 Å². The number of benzene rings is 2. The van der Waals surface area contributed by atoms with Gasteiger partial charge in [0, 0.05) is 87.9 Å². The summed E-state index contributed by atoms with van der Waals surface area (Å²) in [5.74, 6) is -0.910. The second-order valence-electron chi connectivity index (χ2n) is 15.4. The lowest BCUT2D eigenvalue weighted by atomic mass is 10.2. The highest BCUT2D eigenvalue weighted by Crippen LogP contribution is 2.16. The van der Waals surface area contributed by atoms with Gasteiger partial charge in [-0.25, -0.2) is 14.4 Å². The van der Waals surface area contributed by atoms with E-state index < -0.39 is 17.2 Å². The first-order valence-corrected chi connectivity index (χ1v) is 19.7. The van der Waals surface area contributed by atoms with Crippen LogP contribution in [0.3, 0.4) is 0 Å². The summed E-state index contributed by atoms with van der Waals surface area (Å²) >= 11 is 17.2. The Morgan fingerprint density at radius 3 is 1.53 bits per heavy atom. The van der Waals surface area contributed by atoms with E-state index in [0.29, 0.717) is 31.9 Å². The zero-order valence-corrected chi connectivity index (χ0v) is 35.5. The van der Waals surface area contributed by atoms with Gasteiger partial charge in [0.15, 0.2) is 5.69 Å². The maximum Gasteiger partial charge on any atom is 0.359 e. The molecule has 2 aliphatic heterocycles. The minimum absolute atomic E-state index is 0.129. The quantitative estimate of drug-likeness (QED) is 0.118. The van der Waals surface area contributed by atoms with Crippen molar-refractivity contribution < 1.29 is 28.7 Å². The fourth-order valence-corrected chi connectivity index (χ4v) is 6.01. The Morgan fingerprint density at radius 1 is 0.649 bits per heavy atom. The zero-order chi connectivity index (χ0) is 41.8. The van der Waals surface area contributed by atoms with E-state index in [1.807, 2.05) is 69.3 Å². The molecule has 14 nitrogen and oxygen atoms in total. The number of carbonyl (C=O) groups excluding carboxylic acids is 4. The summed E-state index contributed by atoms with van der Waals surface area (Å²) in [6, 6.07) is 18.5. The van der Waals surface area contributed by atoms with Gasteiger partial charge in [0.2, 0.25) is 0 Å². The maximum atomic E-state index is 12.7. The van der Waals surface area contributed by atoms with E-state index in [9.17, 15) is 19.2 Å². The van der Waals surface area contributed by atoms with Crippen molar-refractivity contribution in [2.45, 2.75) is 65.8 Å². The van der Waals surface area contributed by atoms with Crippen molar-refractivity contribution >= 4 is 58.1 Å². The van der Waals surface area contributed by atoms with Crippen LogP contribution in [0.4, 0.5) is 9.59 Å². The SMILES string of the molecule is CC(C)(C)OC(=O)c1ccn(C(=O)N2CCN(Cc3ccc(Cl)cc3)CC2)n1.CC(C)(C)OC(=O)c1ccn[nH]1.O=C(Cl)N1CCN(Cc2ccc(Cl)cc2)CC1. The molecule has 4 heterocycles. The van der Waals surface area contributed by atoms with Gasteiger partial charge >= 0.3 is 23.3 Å². The smallest absolute Gasteiger partial charge is 0.359 e. The van der Waals surface area contributed by atoms with Crippen LogP contribution in [0.15, 0.2) is 73.1 Å². The average Bonchev–Trinajstić information content (AvgIpc) is 3.87. The van der Waals surface area contributed by atoms with Gasteiger partial charge in [-0.05, 0) is 101 Å². The predicted molar refractivity (Wildman–Crippen MR) is 220 cm³/mol. The van der Waals surface area contributed by atoms with Crippen molar-refractivity contribution in [1.29, 1.82) is 0 Å². The van der Waals surface area contributed by atoms with Gasteiger partial charge in [0.1, 0.15) is 16.9 Å². The molecule has 0 spiro atoms. The molecule has 4 aromatic rings. The molecule has 308 valence electrons. The number of carbonyl (C=O) groups is 4. The Hall–Kier alpha value is -4.47. The standard InChI is InChI=1S/C20H25ClN4O3.C12H14Cl2N2O.C8H12N2O2/c1-20(2,3)28-18(26)17-8-9-25(22-17)19(27)24-12-10-23(11-13-24)14-15-4-6-16(21)7-5-15;13-11-3-1-10(2-4-11)9-15-5-7-16(8-6-15)12(14)17;1-8(2,3)12-7(11)6-4-5-9-10-6/h4-9H,10-14H2,1-3H3;1-4H,5-9H2;4-5H,1-3H3,(H,9,10). The third-order valence-corrected chi connectivity index (χ3v) is 9.16. The summed E-state index contributed by atoms with van der Waals surface area (Å²) in [7, 11) is 0. The lowest BCUT2D eigenvalue weighted by Crippen LogP contribution is -2.49. The fourth-order valence-electron chi connectivity index (χ4n) is 5.59. The van der Waals surface area contributed by atoms with E-state index in [0.717, 1.165) is 49.3 Å². The molecule has 2 amide bonds. The number of hydrogen-bond donors (Lipinski definition) is 1. The number of hydrogen-bond acceptors (Lipinski definition) is 10. The molecular formula is C40H51Cl3N8O6. The van der Waals surface area contributed by atoms with Gasteiger partial charge in [0.25, 0.3) is 0 Å². The Balaban J connectivity index is 0.000000210. The molecular weight excluding hydrogens is 795 g/mol. The lowest BCUT2D eigenvalue weighted by molar-refractivity contribution is 0.00501. The molecule has 0 radical (unpaired) electrons. The molecule has 17 heteroatoms. The number of nitrogens with zero attached hydrogens (tertiary/aromatic N) is 7. The van der Waals surface area contributed by atoms with Crippen molar-refractivity contribution in [3.63, 3.8) is 0 Å². The Bertz CT molecular complexity index is 1890. The second-order valence-corrected chi connectivity index (χ2v) is 16.6. The first-order valence-electron chi connectivity index (χ1n) is 18.5. The lowest BCUT2D eigenvalue weighted by Gasteiger charge is -2.34. The number of nitrogens with one attached hydrogen (secondary N) is 1. The summed E-state index contributed by atoms with van der Waals surface area (Å²) in [5, 5.41) is 11.4. The molecule has 2 saturated heterocycles. The molecule has 2 aromatic heterocycles. The maximum absolute atomic E-state index is 12.7. The van der Waals surface area contributed by atoms with E-state index >= 15 is 0 Å². The number of rotatable bonds is 6. The van der Waals surface area contributed by atoms with E-state index in [1.54, 1.807) is 36.6 Å². The molecule has 0 aliphatic carbocycles. The van der Waals surface area contributed by atoms with Crippen molar-refractivity contribution in [1.82, 2.24) is 39.6 Å². The van der Waals surface area contributed by atoms with E-state index in [4.69, 9.17) is 44.3 Å². The van der Waals surface area contributed by atoms with Crippen LogP contribution in [0, 0.1) is 0 Å². The van der Waals surface area contributed by atoms with Crippen molar-refractivity contribution in [2.24, 2.45) is 0 Å². The van der Waals surface area contributed by atoms with Crippen LogP contribution in [-0.4, -0.2) is 126 Å². The number of esters is 2. The van der Waals surface area contributed by atoms with E-state index in [2.05, 4.69) is 25.1 Å². The van der Waals surface area contributed by atoms with Crippen LogP contribution < -0.4 is 0 Å². The van der Waals surface area contributed by atoms with Crippen LogP contribution in [0.5, 0.6) is 0 Å². The van der Waals surface area contributed by atoms with Crippen molar-refractivity contribution in [3.8, 4) is 0 Å². The monoisotopic (exact) mass is 844 g/mol. The van der Waals surface area contributed by atoms with E-state index in [-0.39, 0.29) is 23.1 Å². The van der Waals surface area contributed by atoms with Crippen LogP contribution >= 0.6 is 34.8 Å². The highest BCUT2D eigenvalue weighted by Gasteiger charge is 2.26. The number of ether oxygens (including phenoxy) is 2. The number of aromatic amines is 1. The van der Waals surface area contributed by atoms with E-state index in [1.165, 1.54) is 34.3 Å². The molecule has 0 saturated carbocycles. The summed E-state index contributed by atoms with van der Waals surface area (Å²) in [6.45, 7) is 18.4. The Labute approximate surface area is 348 Å². The largest absolute Gasteiger partial charge is 0.455 e. The highest BCUT2D eigenvalue weighted by atomic mass is 35.5.